The van der Waals surface area contributed by atoms with E-state index in [0.717, 1.165) is 33.5 Å². The number of hydrogen-bond donors (Lipinski definition) is 2. The van der Waals surface area contributed by atoms with Crippen LogP contribution in [0.15, 0.2) is 39.9 Å². The quantitative estimate of drug-likeness (QED) is 0.561. The lowest BCUT2D eigenvalue weighted by Gasteiger charge is -2.56. The number of carbonyl (C=O) groups is 1. The van der Waals surface area contributed by atoms with Crippen LogP contribution in [0.2, 0.25) is 0 Å². The van der Waals surface area contributed by atoms with E-state index in [0.29, 0.717) is 5.69 Å². The molecule has 4 saturated carbocycles. The molecule has 4 bridgehead atoms. The molecule has 4 fully saturated rings. The summed E-state index contributed by atoms with van der Waals surface area (Å²) in [6, 6.07) is 9.71. The third kappa shape index (κ3) is 3.24. The summed E-state index contributed by atoms with van der Waals surface area (Å²) in [5, 5.41) is 11.5. The van der Waals surface area contributed by atoms with E-state index >= 15 is 0 Å². The lowest BCUT2D eigenvalue weighted by Crippen LogP contribution is -2.48. The number of carbonyl (C=O) groups excluding carboxylic acids is 1. The summed E-state index contributed by atoms with van der Waals surface area (Å²) in [6.07, 6.45) is 9.62. The first-order valence-corrected chi connectivity index (χ1v) is 10.5. The first kappa shape index (κ1) is 17.2. The number of aromatic amines is 1. The number of nitrogens with zero attached hydrogens (tertiary/aromatic N) is 2. The van der Waals surface area contributed by atoms with Gasteiger partial charge in [0.1, 0.15) is 0 Å². The summed E-state index contributed by atoms with van der Waals surface area (Å²) in [5.41, 5.74) is 5.30. The second kappa shape index (κ2) is 6.59. The van der Waals surface area contributed by atoms with Crippen molar-refractivity contribution in [1.29, 1.82) is 0 Å². The highest BCUT2D eigenvalue weighted by atomic mass is 79.9. The van der Waals surface area contributed by atoms with Gasteiger partial charge in [0.2, 0.25) is 0 Å². The van der Waals surface area contributed by atoms with Gasteiger partial charge < -0.3 is 0 Å². The minimum atomic E-state index is -0.270. The summed E-state index contributed by atoms with van der Waals surface area (Å²) in [7, 11) is 0. The molecule has 6 rings (SSSR count). The highest BCUT2D eigenvalue weighted by Crippen LogP contribution is 2.60. The molecule has 2 aromatic rings. The van der Waals surface area contributed by atoms with Crippen LogP contribution in [-0.2, 0) is 5.41 Å². The predicted octanol–water partition coefficient (Wildman–Crippen LogP) is 4.40. The Morgan fingerprint density at radius 2 is 1.89 bits per heavy atom. The molecule has 140 valence electrons. The second-order valence-corrected chi connectivity index (χ2v) is 9.53. The molecule has 0 radical (unpaired) electrons. The van der Waals surface area contributed by atoms with Crippen molar-refractivity contribution < 1.29 is 4.79 Å². The van der Waals surface area contributed by atoms with Crippen molar-refractivity contribution in [2.24, 2.45) is 22.9 Å². The molecule has 0 saturated heterocycles. The van der Waals surface area contributed by atoms with E-state index in [1.54, 1.807) is 6.21 Å². The average Bonchev–Trinajstić information content (AvgIpc) is 3.12. The maximum absolute atomic E-state index is 12.4. The zero-order chi connectivity index (χ0) is 18.4. The summed E-state index contributed by atoms with van der Waals surface area (Å²) in [5.74, 6) is 2.33. The van der Waals surface area contributed by atoms with Gasteiger partial charge in [-0.05, 0) is 80.0 Å². The van der Waals surface area contributed by atoms with E-state index in [1.165, 1.54) is 38.5 Å². The van der Waals surface area contributed by atoms with Crippen LogP contribution >= 0.6 is 15.9 Å². The Balaban J connectivity index is 1.29. The molecule has 0 unspecified atom stereocenters. The Morgan fingerprint density at radius 1 is 1.19 bits per heavy atom. The van der Waals surface area contributed by atoms with Crippen LogP contribution in [0, 0.1) is 17.8 Å². The van der Waals surface area contributed by atoms with Gasteiger partial charge in [-0.1, -0.05) is 28.1 Å². The van der Waals surface area contributed by atoms with E-state index in [9.17, 15) is 4.79 Å². The Labute approximate surface area is 167 Å². The number of hydrogen-bond acceptors (Lipinski definition) is 3. The SMILES string of the molecule is O=C(N/N=C\c1cccc(Br)c1)c1cc(C23CC4CC(CC(C4)C2)C3)[nH]n1. The lowest BCUT2D eigenvalue weighted by atomic mass is 9.49. The fourth-order valence-corrected chi connectivity index (χ4v) is 6.38. The average molecular weight is 427 g/mol. The van der Waals surface area contributed by atoms with E-state index in [1.807, 2.05) is 30.3 Å². The normalized spacial score (nSPS) is 31.5. The number of rotatable bonds is 4. The topological polar surface area (TPSA) is 70.1 Å². The molecule has 2 N–H and O–H groups in total. The lowest BCUT2D eigenvalue weighted by molar-refractivity contribution is -0.00721. The molecule has 0 spiro atoms. The molecular weight excluding hydrogens is 404 g/mol. The molecule has 1 aromatic carbocycles. The van der Waals surface area contributed by atoms with Crippen LogP contribution in [0.25, 0.3) is 0 Å². The van der Waals surface area contributed by atoms with Crippen molar-refractivity contribution in [3.05, 3.63) is 51.8 Å². The smallest absolute Gasteiger partial charge is 0.281 e. The molecule has 1 aromatic heterocycles. The number of benzene rings is 1. The molecule has 0 aliphatic heterocycles. The van der Waals surface area contributed by atoms with Gasteiger partial charge in [0.25, 0.3) is 5.91 Å². The Bertz CT molecular complexity index is 868. The third-order valence-electron chi connectivity index (χ3n) is 6.65. The van der Waals surface area contributed by atoms with Crippen LogP contribution in [0.4, 0.5) is 0 Å². The van der Waals surface area contributed by atoms with Gasteiger partial charge in [-0.15, -0.1) is 0 Å². The van der Waals surface area contributed by atoms with Crippen molar-refractivity contribution in [3.63, 3.8) is 0 Å². The van der Waals surface area contributed by atoms with E-state index in [2.05, 4.69) is 36.7 Å². The predicted molar refractivity (Wildman–Crippen MR) is 108 cm³/mol. The molecule has 6 heteroatoms. The number of amides is 1. The Morgan fingerprint density at radius 3 is 2.56 bits per heavy atom. The van der Waals surface area contributed by atoms with Crippen LogP contribution in [0.5, 0.6) is 0 Å². The minimum absolute atomic E-state index is 0.222. The number of aromatic nitrogens is 2. The van der Waals surface area contributed by atoms with Crippen molar-refractivity contribution >= 4 is 28.1 Å². The van der Waals surface area contributed by atoms with Gasteiger partial charge in [-0.25, -0.2) is 5.43 Å². The number of nitrogens with one attached hydrogen (secondary N) is 2. The van der Waals surface area contributed by atoms with Crippen LogP contribution in [-0.4, -0.2) is 22.3 Å². The summed E-state index contributed by atoms with van der Waals surface area (Å²) in [4.78, 5) is 12.4. The van der Waals surface area contributed by atoms with Crippen LogP contribution in [0.3, 0.4) is 0 Å². The molecular formula is C21H23BrN4O. The van der Waals surface area contributed by atoms with Crippen LogP contribution in [0.1, 0.15) is 60.3 Å². The Hall–Kier alpha value is -1.95. The molecule has 1 amide bonds. The van der Waals surface area contributed by atoms with Gasteiger partial charge in [0.15, 0.2) is 5.69 Å². The van der Waals surface area contributed by atoms with Crippen molar-refractivity contribution in [2.75, 3.05) is 0 Å². The molecule has 1 heterocycles. The van der Waals surface area contributed by atoms with Gasteiger partial charge in [0, 0.05) is 15.6 Å². The second-order valence-electron chi connectivity index (χ2n) is 8.62. The maximum atomic E-state index is 12.4. The molecule has 5 nitrogen and oxygen atoms in total. The summed E-state index contributed by atoms with van der Waals surface area (Å²) >= 11 is 3.43. The maximum Gasteiger partial charge on any atom is 0.291 e. The van der Waals surface area contributed by atoms with Gasteiger partial charge >= 0.3 is 0 Å². The van der Waals surface area contributed by atoms with Crippen molar-refractivity contribution in [1.82, 2.24) is 15.6 Å². The number of hydrazone groups is 1. The molecule has 0 atom stereocenters. The zero-order valence-corrected chi connectivity index (χ0v) is 16.7. The first-order valence-electron chi connectivity index (χ1n) is 9.74. The van der Waals surface area contributed by atoms with Crippen molar-refractivity contribution in [3.8, 4) is 0 Å². The first-order chi connectivity index (χ1) is 13.1. The van der Waals surface area contributed by atoms with Crippen LogP contribution < -0.4 is 5.43 Å². The van der Waals surface area contributed by atoms with Gasteiger partial charge in [-0.3, -0.25) is 9.89 Å². The third-order valence-corrected chi connectivity index (χ3v) is 7.14. The molecule has 27 heavy (non-hydrogen) atoms. The highest BCUT2D eigenvalue weighted by molar-refractivity contribution is 9.10. The van der Waals surface area contributed by atoms with E-state index < -0.39 is 0 Å². The van der Waals surface area contributed by atoms with Crippen molar-refractivity contribution in [2.45, 2.75) is 43.9 Å². The monoisotopic (exact) mass is 426 g/mol. The van der Waals surface area contributed by atoms with E-state index in [4.69, 9.17) is 0 Å². The fraction of sp³-hybridized carbons (Fsp3) is 0.476. The Kier molecular flexibility index (Phi) is 4.19. The van der Waals surface area contributed by atoms with Gasteiger partial charge in [-0.2, -0.15) is 10.2 Å². The minimum Gasteiger partial charge on any atom is -0.281 e. The largest absolute Gasteiger partial charge is 0.291 e. The van der Waals surface area contributed by atoms with E-state index in [-0.39, 0.29) is 11.3 Å². The fourth-order valence-electron chi connectivity index (χ4n) is 5.96. The van der Waals surface area contributed by atoms with Gasteiger partial charge in [0.05, 0.1) is 6.21 Å². The highest BCUT2D eigenvalue weighted by Gasteiger charge is 2.52. The summed E-state index contributed by atoms with van der Waals surface area (Å²) in [6.45, 7) is 0. The zero-order valence-electron chi connectivity index (χ0n) is 15.1. The number of H-pyrrole nitrogens is 1. The number of halogens is 1. The summed E-state index contributed by atoms with van der Waals surface area (Å²) < 4.78 is 0.977. The molecule has 4 aliphatic rings. The standard InChI is InChI=1S/C21H23BrN4O/c22-17-3-1-2-13(7-17)12-23-26-20(27)18-8-19(25-24-18)21-9-14-4-15(10-21)6-16(5-14)11-21/h1-3,7-8,12,14-16H,4-6,9-11H2,(H,24,25)(H,26,27)/b23-12-. The molecule has 4 aliphatic carbocycles.